The molecule has 0 radical (unpaired) electrons. The number of nitrogens with zero attached hydrogens (tertiary/aromatic N) is 2. The van der Waals surface area contributed by atoms with Gasteiger partial charge in [-0.25, -0.2) is 0 Å². The summed E-state index contributed by atoms with van der Waals surface area (Å²) in [5, 5.41) is 4.96. The molecule has 2 aromatic heterocycles. The lowest BCUT2D eigenvalue weighted by Crippen LogP contribution is -2.16. The monoisotopic (exact) mass is 291 g/mol. The average Bonchev–Trinajstić information content (AvgIpc) is 3.15. The largest absolute Gasteiger partial charge is 0.390 e. The number of nitrogen functional groups attached to an aromatic ring is 1. The fraction of sp³-hybridized carbons (Fsp3) is 0.571. The third kappa shape index (κ3) is 1.94. The van der Waals surface area contributed by atoms with Crippen molar-refractivity contribution >= 4 is 16.3 Å². The van der Waals surface area contributed by atoms with E-state index in [1.807, 2.05) is 0 Å². The van der Waals surface area contributed by atoms with Crippen molar-refractivity contribution in [2.45, 2.75) is 38.0 Å². The summed E-state index contributed by atoms with van der Waals surface area (Å²) in [6, 6.07) is 0. The summed E-state index contributed by atoms with van der Waals surface area (Å²) in [4.78, 5) is 5.97. The molecule has 2 aliphatic rings. The second-order valence-electron chi connectivity index (χ2n) is 5.47. The molecule has 1 aliphatic carbocycles. The van der Waals surface area contributed by atoms with Gasteiger partial charge >= 0.3 is 0 Å². The third-order valence-electron chi connectivity index (χ3n) is 4.13. The van der Waals surface area contributed by atoms with Crippen molar-refractivity contribution in [3.63, 3.8) is 0 Å². The fourth-order valence-corrected chi connectivity index (χ4v) is 4.26. The second-order valence-corrected chi connectivity index (χ2v) is 6.61. The molecule has 5 nitrogen and oxygen atoms in total. The molecule has 1 unspecified atom stereocenters. The summed E-state index contributed by atoms with van der Waals surface area (Å²) in [5.74, 6) is 1.61. The van der Waals surface area contributed by atoms with Gasteiger partial charge < -0.3 is 15.0 Å². The molecule has 0 bridgehead atoms. The van der Waals surface area contributed by atoms with E-state index in [2.05, 4.69) is 10.1 Å². The minimum absolute atomic E-state index is 0.258. The Hall–Kier alpha value is -1.40. The summed E-state index contributed by atoms with van der Waals surface area (Å²) in [6.45, 7) is 1.53. The molecule has 0 aromatic carbocycles. The van der Waals surface area contributed by atoms with Crippen LogP contribution in [0.2, 0.25) is 0 Å². The molecule has 106 valence electrons. The first-order valence-corrected chi connectivity index (χ1v) is 7.96. The number of anilines is 1. The Morgan fingerprint density at radius 1 is 1.25 bits per heavy atom. The normalized spacial score (nSPS) is 22.1. The number of ether oxygens (including phenoxy) is 1. The van der Waals surface area contributed by atoms with Crippen molar-refractivity contribution in [3.8, 4) is 11.5 Å². The molecule has 0 amide bonds. The SMILES string of the molecule is Nc1sc2c(c1-c1nc(C3CCCOC3)no1)CCC2. The van der Waals surface area contributed by atoms with Crippen LogP contribution >= 0.6 is 11.3 Å². The van der Waals surface area contributed by atoms with E-state index in [0.717, 1.165) is 48.7 Å². The topological polar surface area (TPSA) is 74.2 Å². The van der Waals surface area contributed by atoms with Crippen LogP contribution in [0.5, 0.6) is 0 Å². The zero-order valence-electron chi connectivity index (χ0n) is 11.2. The molecule has 2 N–H and O–H groups in total. The van der Waals surface area contributed by atoms with Crippen molar-refractivity contribution in [2.75, 3.05) is 18.9 Å². The lowest BCUT2D eigenvalue weighted by Gasteiger charge is -2.18. The fourth-order valence-electron chi connectivity index (χ4n) is 3.11. The van der Waals surface area contributed by atoms with Crippen molar-refractivity contribution in [2.24, 2.45) is 0 Å². The van der Waals surface area contributed by atoms with Gasteiger partial charge in [-0.05, 0) is 37.7 Å². The molecule has 1 fully saturated rings. The first-order chi connectivity index (χ1) is 9.83. The summed E-state index contributed by atoms with van der Waals surface area (Å²) in [7, 11) is 0. The minimum atomic E-state index is 0.258. The maximum Gasteiger partial charge on any atom is 0.261 e. The van der Waals surface area contributed by atoms with E-state index in [1.165, 1.54) is 16.9 Å². The number of hydrogen-bond donors (Lipinski definition) is 1. The zero-order chi connectivity index (χ0) is 13.5. The Morgan fingerprint density at radius 3 is 3.05 bits per heavy atom. The predicted octanol–water partition coefficient (Wildman–Crippen LogP) is 2.76. The first-order valence-electron chi connectivity index (χ1n) is 7.14. The van der Waals surface area contributed by atoms with Crippen LogP contribution in [0.15, 0.2) is 4.52 Å². The summed E-state index contributed by atoms with van der Waals surface area (Å²) >= 11 is 1.67. The third-order valence-corrected chi connectivity index (χ3v) is 5.25. The highest BCUT2D eigenvalue weighted by Crippen LogP contribution is 2.43. The van der Waals surface area contributed by atoms with E-state index in [1.54, 1.807) is 11.3 Å². The van der Waals surface area contributed by atoms with Crippen molar-refractivity contribution in [1.29, 1.82) is 0 Å². The van der Waals surface area contributed by atoms with Gasteiger partial charge in [-0.3, -0.25) is 0 Å². The predicted molar refractivity (Wildman–Crippen MR) is 76.8 cm³/mol. The number of fused-ring (bicyclic) bond motifs is 1. The Bertz CT molecular complexity index is 628. The Labute approximate surface area is 121 Å². The average molecular weight is 291 g/mol. The molecule has 2 aromatic rings. The highest BCUT2D eigenvalue weighted by atomic mass is 32.1. The van der Waals surface area contributed by atoms with Gasteiger partial charge in [0, 0.05) is 17.4 Å². The van der Waals surface area contributed by atoms with Crippen LogP contribution in [0.4, 0.5) is 5.00 Å². The number of aryl methyl sites for hydroxylation is 1. The van der Waals surface area contributed by atoms with Gasteiger partial charge in [-0.2, -0.15) is 4.98 Å². The van der Waals surface area contributed by atoms with Crippen molar-refractivity contribution < 1.29 is 9.26 Å². The van der Waals surface area contributed by atoms with Crippen molar-refractivity contribution in [3.05, 3.63) is 16.3 Å². The smallest absolute Gasteiger partial charge is 0.261 e. The maximum atomic E-state index is 6.14. The van der Waals surface area contributed by atoms with Gasteiger partial charge in [0.2, 0.25) is 0 Å². The molecule has 1 aliphatic heterocycles. The quantitative estimate of drug-likeness (QED) is 0.921. The summed E-state index contributed by atoms with van der Waals surface area (Å²) in [5.41, 5.74) is 8.44. The molecule has 0 saturated carbocycles. The second kappa shape index (κ2) is 4.86. The van der Waals surface area contributed by atoms with Crippen LogP contribution in [-0.4, -0.2) is 23.4 Å². The van der Waals surface area contributed by atoms with Gasteiger partial charge in [0.05, 0.1) is 17.2 Å². The van der Waals surface area contributed by atoms with Gasteiger partial charge in [0.15, 0.2) is 5.82 Å². The molecule has 1 saturated heterocycles. The number of thiophene rings is 1. The molecule has 4 rings (SSSR count). The highest BCUT2D eigenvalue weighted by Gasteiger charge is 2.27. The van der Waals surface area contributed by atoms with E-state index in [-0.39, 0.29) is 5.92 Å². The summed E-state index contributed by atoms with van der Waals surface area (Å²) in [6.07, 6.45) is 5.52. The Kier molecular flexibility index (Phi) is 3.00. The molecule has 6 heteroatoms. The number of hydrogen-bond acceptors (Lipinski definition) is 6. The number of nitrogens with two attached hydrogens (primary N) is 1. The van der Waals surface area contributed by atoms with Gasteiger partial charge in [-0.15, -0.1) is 11.3 Å². The molecular weight excluding hydrogens is 274 g/mol. The van der Waals surface area contributed by atoms with Gasteiger partial charge in [0.25, 0.3) is 5.89 Å². The molecule has 3 heterocycles. The van der Waals surface area contributed by atoms with E-state index in [9.17, 15) is 0 Å². The van der Waals surface area contributed by atoms with E-state index in [4.69, 9.17) is 15.0 Å². The van der Waals surface area contributed by atoms with E-state index < -0.39 is 0 Å². The van der Waals surface area contributed by atoms with Gasteiger partial charge in [0.1, 0.15) is 0 Å². The van der Waals surface area contributed by atoms with E-state index in [0.29, 0.717) is 12.5 Å². The van der Waals surface area contributed by atoms with Crippen LogP contribution in [0.3, 0.4) is 0 Å². The lowest BCUT2D eigenvalue weighted by molar-refractivity contribution is 0.0773. The Balaban J connectivity index is 1.68. The van der Waals surface area contributed by atoms with E-state index >= 15 is 0 Å². The van der Waals surface area contributed by atoms with Crippen LogP contribution < -0.4 is 5.73 Å². The number of rotatable bonds is 2. The van der Waals surface area contributed by atoms with Crippen LogP contribution in [0.25, 0.3) is 11.5 Å². The molecule has 20 heavy (non-hydrogen) atoms. The van der Waals surface area contributed by atoms with Crippen LogP contribution in [0, 0.1) is 0 Å². The highest BCUT2D eigenvalue weighted by molar-refractivity contribution is 7.16. The summed E-state index contributed by atoms with van der Waals surface area (Å²) < 4.78 is 11.0. The standard InChI is InChI=1S/C14H17N3O2S/c15-12-11(9-4-1-5-10(9)20-12)14-16-13(17-19-14)8-3-2-6-18-7-8/h8H,1-7,15H2. The maximum absolute atomic E-state index is 6.14. The Morgan fingerprint density at radius 2 is 2.20 bits per heavy atom. The van der Waals surface area contributed by atoms with Crippen molar-refractivity contribution in [1.82, 2.24) is 10.1 Å². The van der Waals surface area contributed by atoms with Crippen LogP contribution in [-0.2, 0) is 17.6 Å². The van der Waals surface area contributed by atoms with Gasteiger partial charge in [-0.1, -0.05) is 5.16 Å². The van der Waals surface area contributed by atoms with Crippen LogP contribution in [0.1, 0.15) is 41.4 Å². The zero-order valence-corrected chi connectivity index (χ0v) is 12.0. The lowest BCUT2D eigenvalue weighted by atomic mass is 10.0. The first kappa shape index (κ1) is 12.3. The molecular formula is C14H17N3O2S. The molecule has 0 spiro atoms. The molecule has 1 atom stereocenters. The minimum Gasteiger partial charge on any atom is -0.390 e. The number of aromatic nitrogens is 2.